The first-order chi connectivity index (χ1) is 6.06. The van der Waals surface area contributed by atoms with Crippen LogP contribution >= 0.6 is 0 Å². The first-order valence-corrected chi connectivity index (χ1v) is 4.28. The second-order valence-electron chi connectivity index (χ2n) is 2.81. The van der Waals surface area contributed by atoms with Crippen LogP contribution < -0.4 is 11.1 Å². The fraction of sp³-hybridized carbons (Fsp3) is 0.750. The molecule has 0 aromatic heterocycles. The van der Waals surface area contributed by atoms with Crippen LogP contribution in [0.4, 0.5) is 0 Å². The highest BCUT2D eigenvalue weighted by Gasteiger charge is 2.00. The van der Waals surface area contributed by atoms with Crippen molar-refractivity contribution in [2.24, 2.45) is 10.7 Å². The van der Waals surface area contributed by atoms with Gasteiger partial charge in [-0.25, -0.2) is 4.99 Å². The summed E-state index contributed by atoms with van der Waals surface area (Å²) in [4.78, 5) is 14.6. The Morgan fingerprint density at radius 3 is 2.69 bits per heavy atom. The predicted octanol–water partition coefficient (Wildman–Crippen LogP) is -0.138. The molecule has 0 rings (SSSR count). The van der Waals surface area contributed by atoms with Crippen LogP contribution in [-0.4, -0.2) is 31.1 Å². The van der Waals surface area contributed by atoms with Gasteiger partial charge in [0.05, 0.1) is 6.61 Å². The van der Waals surface area contributed by atoms with Gasteiger partial charge in [-0.3, -0.25) is 4.79 Å². The van der Waals surface area contributed by atoms with E-state index < -0.39 is 0 Å². The molecule has 76 valence electrons. The van der Waals surface area contributed by atoms with Gasteiger partial charge in [-0.05, 0) is 20.8 Å². The van der Waals surface area contributed by atoms with Crippen molar-refractivity contribution >= 4 is 11.9 Å². The molecule has 0 saturated heterocycles. The van der Waals surface area contributed by atoms with Gasteiger partial charge in [0.25, 0.3) is 0 Å². The zero-order valence-corrected chi connectivity index (χ0v) is 8.33. The zero-order chi connectivity index (χ0) is 10.3. The summed E-state index contributed by atoms with van der Waals surface area (Å²) in [6, 6.07) is 0.214. The van der Waals surface area contributed by atoms with Gasteiger partial charge in [-0.1, -0.05) is 0 Å². The number of ether oxygens (including phenoxy) is 1. The minimum absolute atomic E-state index is 0.0284. The Bertz CT molecular complexity index is 190. The maximum Gasteiger partial charge on any atom is 0.327 e. The van der Waals surface area contributed by atoms with E-state index in [0.29, 0.717) is 6.61 Å². The minimum Gasteiger partial charge on any atom is -0.465 e. The predicted molar refractivity (Wildman–Crippen MR) is 51.4 cm³/mol. The van der Waals surface area contributed by atoms with E-state index in [4.69, 9.17) is 5.73 Å². The topological polar surface area (TPSA) is 76.7 Å². The quantitative estimate of drug-likeness (QED) is 0.365. The van der Waals surface area contributed by atoms with Crippen molar-refractivity contribution in [1.29, 1.82) is 0 Å². The lowest BCUT2D eigenvalue weighted by atomic mass is 10.4. The van der Waals surface area contributed by atoms with Crippen molar-refractivity contribution in [3.63, 3.8) is 0 Å². The molecule has 0 heterocycles. The van der Waals surface area contributed by atoms with Crippen LogP contribution in [0.3, 0.4) is 0 Å². The van der Waals surface area contributed by atoms with Gasteiger partial charge < -0.3 is 15.8 Å². The number of carbonyl (C=O) groups excluding carboxylic acids is 1. The van der Waals surface area contributed by atoms with Gasteiger partial charge in [0.1, 0.15) is 6.54 Å². The largest absolute Gasteiger partial charge is 0.465 e. The Kier molecular flexibility index (Phi) is 5.67. The van der Waals surface area contributed by atoms with Crippen LogP contribution in [0.5, 0.6) is 0 Å². The lowest BCUT2D eigenvalue weighted by Gasteiger charge is -2.07. The number of carbonyl (C=O) groups is 1. The Morgan fingerprint density at radius 1 is 1.62 bits per heavy atom. The molecule has 0 saturated carbocycles. The average molecular weight is 187 g/mol. The molecule has 0 aliphatic rings. The van der Waals surface area contributed by atoms with E-state index in [1.807, 2.05) is 13.8 Å². The monoisotopic (exact) mass is 187 g/mol. The normalized spacial score (nSPS) is 11.5. The van der Waals surface area contributed by atoms with Crippen LogP contribution in [0.15, 0.2) is 4.99 Å². The Morgan fingerprint density at radius 2 is 2.23 bits per heavy atom. The first kappa shape index (κ1) is 11.7. The standard InChI is InChI=1S/C8H17N3O2/c1-4-13-7(12)5-10-8(9)11-6(2)3/h6H,4-5H2,1-3H3,(H3,9,10,11). The molecule has 0 bridgehead atoms. The molecule has 0 spiro atoms. The number of aliphatic imine (C=N–C) groups is 1. The number of hydrogen-bond donors (Lipinski definition) is 2. The lowest BCUT2D eigenvalue weighted by Crippen LogP contribution is -2.37. The summed E-state index contributed by atoms with van der Waals surface area (Å²) in [5, 5.41) is 2.86. The molecule has 5 nitrogen and oxygen atoms in total. The number of hydrogen-bond acceptors (Lipinski definition) is 3. The molecule has 0 unspecified atom stereocenters. The van der Waals surface area contributed by atoms with E-state index >= 15 is 0 Å². The van der Waals surface area contributed by atoms with Crippen molar-refractivity contribution in [1.82, 2.24) is 5.32 Å². The SMILES string of the molecule is CCOC(=O)CN=C(N)NC(C)C. The molecular formula is C8H17N3O2. The maximum absolute atomic E-state index is 10.8. The van der Waals surface area contributed by atoms with Crippen LogP contribution in [0.2, 0.25) is 0 Å². The number of esters is 1. The van der Waals surface area contributed by atoms with Crippen LogP contribution in [-0.2, 0) is 9.53 Å². The number of guanidine groups is 1. The number of nitrogens with zero attached hydrogens (tertiary/aromatic N) is 1. The minimum atomic E-state index is -0.365. The van der Waals surface area contributed by atoms with Gasteiger partial charge in [-0.2, -0.15) is 0 Å². The van der Waals surface area contributed by atoms with E-state index in [9.17, 15) is 4.79 Å². The summed E-state index contributed by atoms with van der Waals surface area (Å²) < 4.78 is 4.67. The molecule has 0 radical (unpaired) electrons. The van der Waals surface area contributed by atoms with Gasteiger partial charge in [0.15, 0.2) is 5.96 Å². The van der Waals surface area contributed by atoms with Crippen molar-refractivity contribution < 1.29 is 9.53 Å². The van der Waals surface area contributed by atoms with Crippen molar-refractivity contribution in [3.8, 4) is 0 Å². The Labute approximate surface area is 78.4 Å². The van der Waals surface area contributed by atoms with E-state index in [2.05, 4.69) is 15.0 Å². The number of nitrogens with two attached hydrogens (primary N) is 1. The summed E-state index contributed by atoms with van der Waals surface area (Å²) in [6.07, 6.45) is 0. The fourth-order valence-electron chi connectivity index (χ4n) is 0.698. The molecule has 0 atom stereocenters. The van der Waals surface area contributed by atoms with E-state index in [-0.39, 0.29) is 24.5 Å². The van der Waals surface area contributed by atoms with E-state index in [1.165, 1.54) is 0 Å². The third-order valence-electron chi connectivity index (χ3n) is 1.12. The smallest absolute Gasteiger partial charge is 0.327 e. The number of rotatable bonds is 4. The molecule has 0 aromatic carbocycles. The molecule has 5 heteroatoms. The highest BCUT2D eigenvalue weighted by atomic mass is 16.5. The second-order valence-corrected chi connectivity index (χ2v) is 2.81. The third kappa shape index (κ3) is 7.11. The third-order valence-corrected chi connectivity index (χ3v) is 1.12. The average Bonchev–Trinajstić information content (AvgIpc) is 2.00. The molecule has 0 amide bonds. The summed E-state index contributed by atoms with van der Waals surface area (Å²) in [6.45, 7) is 5.96. The van der Waals surface area contributed by atoms with E-state index in [1.54, 1.807) is 6.92 Å². The lowest BCUT2D eigenvalue weighted by molar-refractivity contribution is -0.141. The second kappa shape index (κ2) is 6.28. The molecule has 3 N–H and O–H groups in total. The van der Waals surface area contributed by atoms with Crippen molar-refractivity contribution in [2.75, 3.05) is 13.2 Å². The summed E-state index contributed by atoms with van der Waals surface area (Å²) >= 11 is 0. The van der Waals surface area contributed by atoms with Crippen molar-refractivity contribution in [2.45, 2.75) is 26.8 Å². The molecule has 0 aromatic rings. The Hall–Kier alpha value is -1.26. The van der Waals surface area contributed by atoms with Crippen molar-refractivity contribution in [3.05, 3.63) is 0 Å². The molecule has 0 aliphatic carbocycles. The highest BCUT2D eigenvalue weighted by Crippen LogP contribution is 1.80. The number of nitrogens with one attached hydrogen (secondary N) is 1. The molecular weight excluding hydrogens is 170 g/mol. The fourth-order valence-corrected chi connectivity index (χ4v) is 0.698. The van der Waals surface area contributed by atoms with Gasteiger partial charge >= 0.3 is 5.97 Å². The molecule has 0 fully saturated rings. The molecule has 0 aliphatic heterocycles. The summed E-state index contributed by atoms with van der Waals surface area (Å²) in [7, 11) is 0. The Balaban J connectivity index is 3.75. The zero-order valence-electron chi connectivity index (χ0n) is 8.33. The van der Waals surface area contributed by atoms with Gasteiger partial charge in [-0.15, -0.1) is 0 Å². The summed E-state index contributed by atoms with van der Waals surface area (Å²) in [5.41, 5.74) is 5.45. The van der Waals surface area contributed by atoms with Crippen LogP contribution in [0, 0.1) is 0 Å². The first-order valence-electron chi connectivity index (χ1n) is 4.28. The molecule has 13 heavy (non-hydrogen) atoms. The summed E-state index contributed by atoms with van der Waals surface area (Å²) in [5.74, 6) is -0.0981. The highest BCUT2D eigenvalue weighted by molar-refractivity contribution is 5.81. The van der Waals surface area contributed by atoms with Crippen LogP contribution in [0.25, 0.3) is 0 Å². The van der Waals surface area contributed by atoms with E-state index in [0.717, 1.165) is 0 Å². The van der Waals surface area contributed by atoms with Gasteiger partial charge in [0.2, 0.25) is 0 Å². The maximum atomic E-state index is 10.8. The van der Waals surface area contributed by atoms with Gasteiger partial charge in [0, 0.05) is 6.04 Å². The van der Waals surface area contributed by atoms with Crippen LogP contribution in [0.1, 0.15) is 20.8 Å².